The Labute approximate surface area is 181 Å². The minimum Gasteiger partial charge on any atom is -0.455 e. The molecule has 1 rings (SSSR count). The first-order valence-electron chi connectivity index (χ1n) is 9.24. The first-order valence-corrected chi connectivity index (χ1v) is 12.0. The van der Waals surface area contributed by atoms with Gasteiger partial charge in [-0.1, -0.05) is 61.5 Å². The quantitative estimate of drug-likeness (QED) is 0.284. The molecule has 1 aromatic rings. The van der Waals surface area contributed by atoms with Crippen LogP contribution in [-0.4, -0.2) is 44.1 Å². The molecule has 0 aliphatic carbocycles. The van der Waals surface area contributed by atoms with Crippen molar-refractivity contribution in [3.63, 3.8) is 0 Å². The molecule has 0 spiro atoms. The van der Waals surface area contributed by atoms with Gasteiger partial charge in [-0.25, -0.2) is 12.8 Å². The van der Waals surface area contributed by atoms with Gasteiger partial charge in [-0.2, -0.15) is 0 Å². The van der Waals surface area contributed by atoms with E-state index in [4.69, 9.17) is 27.9 Å². The molecule has 10 heteroatoms. The Morgan fingerprint density at radius 2 is 1.76 bits per heavy atom. The number of carbonyl (C=O) groups excluding carboxylic acids is 2. The van der Waals surface area contributed by atoms with Crippen LogP contribution in [0.15, 0.2) is 29.2 Å². The molecule has 29 heavy (non-hydrogen) atoms. The molecule has 0 saturated heterocycles. The van der Waals surface area contributed by atoms with Crippen molar-refractivity contribution >= 4 is 44.9 Å². The van der Waals surface area contributed by atoms with E-state index >= 15 is 0 Å². The maximum absolute atomic E-state index is 13.7. The summed E-state index contributed by atoms with van der Waals surface area (Å²) in [6, 6.07) is 4.26. The summed E-state index contributed by atoms with van der Waals surface area (Å²) >= 11 is 11.0. The highest BCUT2D eigenvalue weighted by Crippen LogP contribution is 2.25. The SMILES string of the molecule is CCCCCCC(=O)O[C@H](c1ccc(S(C)(=O)=O)cc1)C(CF)NC(=O)C(Cl)Cl. The lowest BCUT2D eigenvalue weighted by Crippen LogP contribution is -2.44. The number of sulfone groups is 1. The second-order valence-corrected chi connectivity index (χ2v) is 9.74. The second kappa shape index (κ2) is 12.3. The predicted molar refractivity (Wildman–Crippen MR) is 111 cm³/mol. The molecule has 0 saturated carbocycles. The van der Waals surface area contributed by atoms with E-state index in [-0.39, 0.29) is 11.3 Å². The minimum absolute atomic E-state index is 0.0632. The van der Waals surface area contributed by atoms with Gasteiger partial charge in [0.05, 0.1) is 10.9 Å². The monoisotopic (exact) mass is 469 g/mol. The number of esters is 1. The number of nitrogens with one attached hydrogen (secondary N) is 1. The number of hydrogen-bond donors (Lipinski definition) is 1. The summed E-state index contributed by atoms with van der Waals surface area (Å²) in [7, 11) is -3.43. The van der Waals surface area contributed by atoms with E-state index in [1.807, 2.05) is 6.92 Å². The standard InChI is InChI=1S/C19H26Cl2FNO5S/c1-3-4-5-6-7-16(24)28-17(15(12-22)23-19(25)18(20)21)13-8-10-14(11-9-13)29(2,26)27/h8-11,15,17-18H,3-7,12H2,1-2H3,(H,23,25)/t15?,17-/m1/s1. The van der Waals surface area contributed by atoms with E-state index in [1.54, 1.807) is 0 Å². The molecule has 164 valence electrons. The molecule has 0 heterocycles. The lowest BCUT2D eigenvalue weighted by atomic mass is 10.0. The van der Waals surface area contributed by atoms with Crippen molar-refractivity contribution in [1.29, 1.82) is 0 Å². The smallest absolute Gasteiger partial charge is 0.306 e. The van der Waals surface area contributed by atoms with Crippen LogP contribution in [0.2, 0.25) is 0 Å². The topological polar surface area (TPSA) is 89.5 Å². The lowest BCUT2D eigenvalue weighted by Gasteiger charge is -2.27. The number of benzene rings is 1. The number of rotatable bonds is 12. The van der Waals surface area contributed by atoms with Crippen molar-refractivity contribution in [2.75, 3.05) is 12.9 Å². The van der Waals surface area contributed by atoms with Gasteiger partial charge in [0.1, 0.15) is 12.8 Å². The van der Waals surface area contributed by atoms with Crippen LogP contribution in [0, 0.1) is 0 Å². The molecule has 1 N–H and O–H groups in total. The third kappa shape index (κ3) is 8.88. The average Bonchev–Trinajstić information content (AvgIpc) is 2.67. The molecule has 0 aromatic heterocycles. The van der Waals surface area contributed by atoms with Gasteiger partial charge in [0, 0.05) is 12.7 Å². The molecular formula is C19H26Cl2FNO5S. The molecule has 0 aliphatic heterocycles. The summed E-state index contributed by atoms with van der Waals surface area (Å²) in [6.07, 6.45) is 3.54. The number of alkyl halides is 3. The zero-order valence-corrected chi connectivity index (χ0v) is 18.7. The van der Waals surface area contributed by atoms with E-state index in [0.29, 0.717) is 12.0 Å². The minimum atomic E-state index is -3.43. The van der Waals surface area contributed by atoms with Crippen LogP contribution in [0.1, 0.15) is 50.7 Å². The van der Waals surface area contributed by atoms with Gasteiger partial charge < -0.3 is 10.1 Å². The van der Waals surface area contributed by atoms with Crippen LogP contribution in [0.25, 0.3) is 0 Å². The molecular weight excluding hydrogens is 444 g/mol. The van der Waals surface area contributed by atoms with Gasteiger partial charge in [0.2, 0.25) is 0 Å². The van der Waals surface area contributed by atoms with Crippen molar-refractivity contribution in [2.45, 2.75) is 60.9 Å². The molecule has 1 aromatic carbocycles. The molecule has 2 atom stereocenters. The van der Waals surface area contributed by atoms with Gasteiger partial charge in [-0.05, 0) is 24.1 Å². The first kappa shape index (κ1) is 25.7. The highest BCUT2D eigenvalue weighted by Gasteiger charge is 2.30. The summed E-state index contributed by atoms with van der Waals surface area (Å²) in [4.78, 5) is 22.7. The summed E-state index contributed by atoms with van der Waals surface area (Å²) in [6.45, 7) is 0.998. The maximum Gasteiger partial charge on any atom is 0.306 e. The number of amides is 1. The Balaban J connectivity index is 3.06. The number of halogens is 3. The van der Waals surface area contributed by atoms with Crippen molar-refractivity contribution in [3.05, 3.63) is 29.8 Å². The Hall–Kier alpha value is -1.38. The molecule has 6 nitrogen and oxygen atoms in total. The molecule has 0 bridgehead atoms. The Kier molecular flexibility index (Phi) is 10.9. The number of unbranched alkanes of at least 4 members (excludes halogenated alkanes) is 3. The van der Waals surface area contributed by atoms with Gasteiger partial charge in [-0.15, -0.1) is 0 Å². The van der Waals surface area contributed by atoms with Crippen LogP contribution in [-0.2, 0) is 24.2 Å². The Morgan fingerprint density at radius 1 is 1.14 bits per heavy atom. The second-order valence-electron chi connectivity index (χ2n) is 6.63. The largest absolute Gasteiger partial charge is 0.455 e. The van der Waals surface area contributed by atoms with Gasteiger partial charge in [0.25, 0.3) is 5.91 Å². The van der Waals surface area contributed by atoms with Gasteiger partial charge >= 0.3 is 5.97 Å². The Bertz CT molecular complexity index is 771. The van der Waals surface area contributed by atoms with Crippen LogP contribution < -0.4 is 5.32 Å². The number of carbonyl (C=O) groups is 2. The van der Waals surface area contributed by atoms with Crippen molar-refractivity contribution in [3.8, 4) is 0 Å². The number of ether oxygens (including phenoxy) is 1. The van der Waals surface area contributed by atoms with Crippen molar-refractivity contribution in [1.82, 2.24) is 5.32 Å². The maximum atomic E-state index is 13.7. The molecule has 0 radical (unpaired) electrons. The molecule has 0 fully saturated rings. The zero-order valence-electron chi connectivity index (χ0n) is 16.4. The Morgan fingerprint density at radius 3 is 2.24 bits per heavy atom. The highest BCUT2D eigenvalue weighted by molar-refractivity contribution is 7.90. The summed E-state index contributed by atoms with van der Waals surface area (Å²) in [5.74, 6) is -1.37. The van der Waals surface area contributed by atoms with Gasteiger partial charge in [-0.3, -0.25) is 9.59 Å². The van der Waals surface area contributed by atoms with E-state index in [2.05, 4.69) is 5.32 Å². The van der Waals surface area contributed by atoms with Crippen LogP contribution >= 0.6 is 23.2 Å². The zero-order chi connectivity index (χ0) is 22.0. The third-order valence-electron chi connectivity index (χ3n) is 4.19. The summed E-state index contributed by atoms with van der Waals surface area (Å²) in [5.41, 5.74) is 0.336. The third-order valence-corrected chi connectivity index (χ3v) is 5.71. The average molecular weight is 470 g/mol. The summed E-state index contributed by atoms with van der Waals surface area (Å²) < 4.78 is 42.4. The van der Waals surface area contributed by atoms with Crippen LogP contribution in [0.3, 0.4) is 0 Å². The molecule has 1 amide bonds. The fourth-order valence-corrected chi connectivity index (χ4v) is 3.38. The van der Waals surface area contributed by atoms with Crippen LogP contribution in [0.5, 0.6) is 0 Å². The van der Waals surface area contributed by atoms with Crippen molar-refractivity contribution in [2.24, 2.45) is 0 Å². The van der Waals surface area contributed by atoms with E-state index in [9.17, 15) is 22.4 Å². The molecule has 0 aliphatic rings. The predicted octanol–water partition coefficient (Wildman–Crippen LogP) is 3.90. The van der Waals surface area contributed by atoms with E-state index < -0.39 is 45.4 Å². The number of hydrogen-bond acceptors (Lipinski definition) is 5. The normalized spacial score (nSPS) is 13.7. The summed E-state index contributed by atoms with van der Waals surface area (Å²) in [5, 5.41) is 2.32. The fourth-order valence-electron chi connectivity index (χ4n) is 2.62. The van der Waals surface area contributed by atoms with E-state index in [0.717, 1.165) is 25.5 Å². The van der Waals surface area contributed by atoms with Gasteiger partial charge in [0.15, 0.2) is 14.7 Å². The van der Waals surface area contributed by atoms with E-state index in [1.165, 1.54) is 24.3 Å². The first-order chi connectivity index (χ1) is 13.6. The van der Waals surface area contributed by atoms with Crippen LogP contribution in [0.4, 0.5) is 4.39 Å². The molecule has 1 unspecified atom stereocenters. The fraction of sp³-hybridized carbons (Fsp3) is 0.579. The highest BCUT2D eigenvalue weighted by atomic mass is 35.5. The van der Waals surface area contributed by atoms with Crippen molar-refractivity contribution < 1.29 is 27.1 Å². The lowest BCUT2D eigenvalue weighted by molar-refractivity contribution is -0.152.